The molecule has 3 rings (SSSR count). The highest BCUT2D eigenvalue weighted by Gasteiger charge is 2.19. The van der Waals surface area contributed by atoms with E-state index in [-0.39, 0.29) is 0 Å². The van der Waals surface area contributed by atoms with Crippen LogP contribution >= 0.6 is 12.2 Å². The lowest BCUT2D eigenvalue weighted by Crippen LogP contribution is -2.35. The second kappa shape index (κ2) is 9.32. The predicted octanol–water partition coefficient (Wildman–Crippen LogP) is 3.98. The molecule has 1 saturated heterocycles. The minimum absolute atomic E-state index is 0.415. The molecule has 142 valence electrons. The van der Waals surface area contributed by atoms with Crippen LogP contribution in [-0.2, 0) is 0 Å². The Balaban J connectivity index is 1.84. The number of nitrogens with zero attached hydrogens (tertiary/aromatic N) is 3. The first kappa shape index (κ1) is 19.1. The summed E-state index contributed by atoms with van der Waals surface area (Å²) < 4.78 is 5.94. The molecule has 2 heterocycles. The van der Waals surface area contributed by atoms with Crippen LogP contribution in [0, 0.1) is 5.92 Å². The first-order valence-corrected chi connectivity index (χ1v) is 9.57. The molecule has 0 saturated carbocycles. The van der Waals surface area contributed by atoms with Gasteiger partial charge in [-0.05, 0) is 43.1 Å². The largest absolute Gasteiger partial charge is 0.439 e. The highest BCUT2D eigenvalue weighted by atomic mass is 32.1. The Bertz CT molecular complexity index is 783. The number of hydrogen-bond donors (Lipinski definition) is 2. The van der Waals surface area contributed by atoms with E-state index in [0.29, 0.717) is 29.4 Å². The normalized spacial score (nSPS) is 16.5. The van der Waals surface area contributed by atoms with Gasteiger partial charge in [-0.1, -0.05) is 31.2 Å². The van der Waals surface area contributed by atoms with E-state index < -0.39 is 0 Å². The Morgan fingerprint density at radius 2 is 2.19 bits per heavy atom. The zero-order chi connectivity index (χ0) is 19.1. The summed E-state index contributed by atoms with van der Waals surface area (Å²) in [6, 6.07) is 11.5. The van der Waals surface area contributed by atoms with Crippen molar-refractivity contribution >= 4 is 29.1 Å². The van der Waals surface area contributed by atoms with E-state index in [1.54, 1.807) is 6.08 Å². The summed E-state index contributed by atoms with van der Waals surface area (Å²) in [7, 11) is 0. The van der Waals surface area contributed by atoms with Gasteiger partial charge in [-0.25, -0.2) is 0 Å². The summed E-state index contributed by atoms with van der Waals surface area (Å²) >= 11 is 5.29. The third-order valence-corrected chi connectivity index (χ3v) is 4.51. The van der Waals surface area contributed by atoms with Crippen LogP contribution < -0.4 is 20.3 Å². The van der Waals surface area contributed by atoms with Crippen molar-refractivity contribution in [2.75, 3.05) is 29.9 Å². The van der Waals surface area contributed by atoms with Crippen molar-refractivity contribution in [3.05, 3.63) is 49.1 Å². The molecular formula is C20H25N5OS. The Kier molecular flexibility index (Phi) is 6.59. The smallest absolute Gasteiger partial charge is 0.234 e. The zero-order valence-electron chi connectivity index (χ0n) is 15.5. The van der Waals surface area contributed by atoms with Gasteiger partial charge in [0.15, 0.2) is 5.11 Å². The molecule has 7 heteroatoms. The molecule has 0 aliphatic carbocycles. The van der Waals surface area contributed by atoms with Gasteiger partial charge in [-0.15, -0.1) is 6.58 Å². The first-order valence-electron chi connectivity index (χ1n) is 9.16. The van der Waals surface area contributed by atoms with Gasteiger partial charge in [0.1, 0.15) is 11.6 Å². The van der Waals surface area contributed by atoms with Crippen LogP contribution in [0.3, 0.4) is 0 Å². The van der Waals surface area contributed by atoms with Gasteiger partial charge in [0, 0.05) is 25.7 Å². The molecule has 0 amide bonds. The first-order chi connectivity index (χ1) is 13.1. The van der Waals surface area contributed by atoms with Crippen LogP contribution in [0.1, 0.15) is 19.8 Å². The number of para-hydroxylation sites is 1. The summed E-state index contributed by atoms with van der Waals surface area (Å²) in [5, 5.41) is 6.51. The average molecular weight is 384 g/mol. The fourth-order valence-electron chi connectivity index (χ4n) is 3.00. The molecule has 6 nitrogen and oxygen atoms in total. The SMILES string of the molecule is C=CCNC(=S)Nc1nc(Oc2ccccc2)cc(N2CCC[C@@H](C)C2)n1. The van der Waals surface area contributed by atoms with Crippen LogP contribution in [0.4, 0.5) is 11.8 Å². The van der Waals surface area contributed by atoms with E-state index in [2.05, 4.69) is 39.0 Å². The van der Waals surface area contributed by atoms with Crippen molar-refractivity contribution in [3.8, 4) is 11.6 Å². The van der Waals surface area contributed by atoms with Gasteiger partial charge >= 0.3 is 0 Å². The van der Waals surface area contributed by atoms with Crippen molar-refractivity contribution < 1.29 is 4.74 Å². The fourth-order valence-corrected chi connectivity index (χ4v) is 3.18. The van der Waals surface area contributed by atoms with Gasteiger partial charge in [0.05, 0.1) is 0 Å². The highest BCUT2D eigenvalue weighted by Crippen LogP contribution is 2.27. The third kappa shape index (κ3) is 5.65. The van der Waals surface area contributed by atoms with Gasteiger partial charge in [0.2, 0.25) is 11.8 Å². The summed E-state index contributed by atoms with van der Waals surface area (Å²) in [6.45, 7) is 8.46. The topological polar surface area (TPSA) is 62.3 Å². The van der Waals surface area contributed by atoms with Gasteiger partial charge in [-0.2, -0.15) is 9.97 Å². The van der Waals surface area contributed by atoms with E-state index in [0.717, 1.165) is 31.1 Å². The lowest BCUT2D eigenvalue weighted by molar-refractivity contribution is 0.440. The Morgan fingerprint density at radius 1 is 1.37 bits per heavy atom. The Labute approximate surface area is 165 Å². The zero-order valence-corrected chi connectivity index (χ0v) is 16.3. The molecule has 1 aromatic carbocycles. The molecule has 0 unspecified atom stereocenters. The molecule has 1 fully saturated rings. The standard InChI is InChI=1S/C20H25N5OS/c1-3-11-21-20(27)24-19-22-17(25-12-7-8-15(2)14-25)13-18(23-19)26-16-9-5-4-6-10-16/h3-6,9-10,13,15H,1,7-8,11-12,14H2,2H3,(H2,21,22,23,24,27)/t15-/m1/s1. The maximum Gasteiger partial charge on any atom is 0.234 e. The summed E-state index contributed by atoms with van der Waals surface area (Å²) in [5.41, 5.74) is 0. The monoisotopic (exact) mass is 383 g/mol. The summed E-state index contributed by atoms with van der Waals surface area (Å²) in [6.07, 6.45) is 4.14. The Hall–Kier alpha value is -2.67. The van der Waals surface area contributed by atoms with Crippen molar-refractivity contribution in [2.45, 2.75) is 19.8 Å². The molecule has 1 aliphatic heterocycles. The average Bonchev–Trinajstić information content (AvgIpc) is 2.67. The number of anilines is 2. The lowest BCUT2D eigenvalue weighted by atomic mass is 10.0. The molecule has 1 aliphatic rings. The van der Waals surface area contributed by atoms with Crippen LogP contribution in [-0.4, -0.2) is 34.7 Å². The fraction of sp³-hybridized carbons (Fsp3) is 0.350. The van der Waals surface area contributed by atoms with Crippen LogP contribution in [0.5, 0.6) is 11.6 Å². The second-order valence-electron chi connectivity index (χ2n) is 6.62. The van der Waals surface area contributed by atoms with Gasteiger partial charge < -0.3 is 20.3 Å². The molecular weight excluding hydrogens is 358 g/mol. The van der Waals surface area contributed by atoms with E-state index in [4.69, 9.17) is 17.0 Å². The number of benzene rings is 1. The molecule has 1 atom stereocenters. The van der Waals surface area contributed by atoms with E-state index in [1.165, 1.54) is 6.42 Å². The van der Waals surface area contributed by atoms with E-state index >= 15 is 0 Å². The molecule has 0 radical (unpaired) electrons. The molecule has 2 N–H and O–H groups in total. The van der Waals surface area contributed by atoms with Crippen LogP contribution in [0.2, 0.25) is 0 Å². The number of ether oxygens (including phenoxy) is 1. The highest BCUT2D eigenvalue weighted by molar-refractivity contribution is 7.80. The molecule has 1 aromatic heterocycles. The van der Waals surface area contributed by atoms with Crippen molar-refractivity contribution in [1.82, 2.24) is 15.3 Å². The third-order valence-electron chi connectivity index (χ3n) is 4.27. The minimum Gasteiger partial charge on any atom is -0.439 e. The number of piperidine rings is 1. The predicted molar refractivity (Wildman–Crippen MR) is 114 cm³/mol. The number of aromatic nitrogens is 2. The molecule has 27 heavy (non-hydrogen) atoms. The van der Waals surface area contributed by atoms with E-state index in [9.17, 15) is 0 Å². The van der Waals surface area contributed by atoms with Crippen molar-refractivity contribution in [3.63, 3.8) is 0 Å². The molecule has 0 bridgehead atoms. The summed E-state index contributed by atoms with van der Waals surface area (Å²) in [4.78, 5) is 11.4. The lowest BCUT2D eigenvalue weighted by Gasteiger charge is -2.32. The quantitative estimate of drug-likeness (QED) is 0.578. The number of hydrogen-bond acceptors (Lipinski definition) is 5. The molecule has 0 spiro atoms. The van der Waals surface area contributed by atoms with Crippen molar-refractivity contribution in [2.24, 2.45) is 5.92 Å². The van der Waals surface area contributed by atoms with Crippen LogP contribution in [0.25, 0.3) is 0 Å². The van der Waals surface area contributed by atoms with Gasteiger partial charge in [0.25, 0.3) is 0 Å². The maximum atomic E-state index is 5.94. The summed E-state index contributed by atoms with van der Waals surface area (Å²) in [5.74, 6) is 3.11. The number of thiocarbonyl (C=S) groups is 1. The number of nitrogens with one attached hydrogen (secondary N) is 2. The van der Waals surface area contributed by atoms with Crippen LogP contribution in [0.15, 0.2) is 49.1 Å². The minimum atomic E-state index is 0.415. The second-order valence-corrected chi connectivity index (χ2v) is 7.03. The Morgan fingerprint density at radius 3 is 2.93 bits per heavy atom. The van der Waals surface area contributed by atoms with E-state index in [1.807, 2.05) is 36.4 Å². The van der Waals surface area contributed by atoms with Crippen molar-refractivity contribution in [1.29, 1.82) is 0 Å². The maximum absolute atomic E-state index is 5.94. The van der Waals surface area contributed by atoms with Gasteiger partial charge in [-0.3, -0.25) is 0 Å². The number of rotatable bonds is 6. The molecule has 2 aromatic rings.